The highest BCUT2D eigenvalue weighted by Gasteiger charge is 2.28. The molecule has 6 heteroatoms. The normalized spacial score (nSPS) is 14.7. The molecule has 1 aromatic rings. The first-order chi connectivity index (χ1) is 8.15. The predicted molar refractivity (Wildman–Crippen MR) is 55.9 cm³/mol. The summed E-state index contributed by atoms with van der Waals surface area (Å²) in [4.78, 5) is 10.7. The second kappa shape index (κ2) is 4.60. The fourth-order valence-electron chi connectivity index (χ4n) is 1.69. The number of hydrogen-bond donors (Lipinski definition) is 2. The lowest BCUT2D eigenvalue weighted by atomic mass is 10.0. The Bertz CT molecular complexity index is 442. The van der Waals surface area contributed by atoms with E-state index in [2.05, 4.69) is 0 Å². The van der Waals surface area contributed by atoms with E-state index in [1.165, 1.54) is 6.07 Å². The quantitative estimate of drug-likeness (QED) is 0.805. The molecule has 1 aromatic carbocycles. The first-order valence-corrected chi connectivity index (χ1v) is 4.96. The topological polar surface area (TPSA) is 85.2 Å². The van der Waals surface area contributed by atoms with Gasteiger partial charge in [-0.25, -0.2) is 4.79 Å². The number of carboxylic acids is 1. The molecule has 0 amide bonds. The second-order valence-corrected chi connectivity index (χ2v) is 3.55. The van der Waals surface area contributed by atoms with Crippen molar-refractivity contribution >= 4 is 5.97 Å². The lowest BCUT2D eigenvalue weighted by molar-refractivity contribution is -0.147. The van der Waals surface area contributed by atoms with Gasteiger partial charge in [0.2, 0.25) is 6.79 Å². The highest BCUT2D eigenvalue weighted by Crippen LogP contribution is 2.41. The fraction of sp³-hybridized carbons (Fsp3) is 0.364. The first-order valence-electron chi connectivity index (χ1n) is 4.96. The molecule has 2 N–H and O–H groups in total. The molecule has 1 heterocycles. The molecule has 0 saturated carbocycles. The van der Waals surface area contributed by atoms with Crippen LogP contribution in [0.1, 0.15) is 17.2 Å². The minimum absolute atomic E-state index is 0.00933. The smallest absolute Gasteiger partial charge is 0.337 e. The van der Waals surface area contributed by atoms with E-state index < -0.39 is 12.1 Å². The molecule has 1 unspecified atom stereocenters. The molecule has 0 bridgehead atoms. The van der Waals surface area contributed by atoms with Gasteiger partial charge in [-0.3, -0.25) is 0 Å². The van der Waals surface area contributed by atoms with Gasteiger partial charge in [0.15, 0.2) is 17.6 Å². The zero-order valence-corrected chi connectivity index (χ0v) is 9.17. The van der Waals surface area contributed by atoms with Crippen LogP contribution in [0.5, 0.6) is 11.5 Å². The third-order valence-corrected chi connectivity index (χ3v) is 2.46. The number of benzene rings is 1. The molecule has 1 aliphatic rings. The maximum Gasteiger partial charge on any atom is 0.337 e. The van der Waals surface area contributed by atoms with Crippen LogP contribution in [0.4, 0.5) is 0 Å². The molecule has 0 radical (unpaired) electrons. The number of aliphatic carboxylic acids is 1. The van der Waals surface area contributed by atoms with Gasteiger partial charge in [-0.1, -0.05) is 12.1 Å². The van der Waals surface area contributed by atoms with E-state index in [1.807, 2.05) is 0 Å². The molecule has 92 valence electrons. The molecule has 0 aromatic heterocycles. The average Bonchev–Trinajstić information content (AvgIpc) is 2.78. The SMILES string of the molecule is COCc1ccc(C(O)C(=O)O)c2c1OCO2. The molecule has 2 rings (SSSR count). The molecule has 17 heavy (non-hydrogen) atoms. The summed E-state index contributed by atoms with van der Waals surface area (Å²) >= 11 is 0. The Kier molecular flexibility index (Phi) is 3.16. The Morgan fingerprint density at radius 3 is 2.82 bits per heavy atom. The summed E-state index contributed by atoms with van der Waals surface area (Å²) in [6.07, 6.45) is -1.62. The molecule has 1 aliphatic heterocycles. The number of hydrogen-bond acceptors (Lipinski definition) is 5. The summed E-state index contributed by atoms with van der Waals surface area (Å²) in [6.45, 7) is 0.338. The Morgan fingerprint density at radius 1 is 1.47 bits per heavy atom. The van der Waals surface area contributed by atoms with E-state index in [0.717, 1.165) is 5.56 Å². The minimum Gasteiger partial charge on any atom is -0.479 e. The number of ether oxygens (including phenoxy) is 3. The highest BCUT2D eigenvalue weighted by atomic mass is 16.7. The maximum absolute atomic E-state index is 10.7. The number of methoxy groups -OCH3 is 1. The van der Waals surface area contributed by atoms with Crippen molar-refractivity contribution in [3.05, 3.63) is 23.3 Å². The van der Waals surface area contributed by atoms with Crippen LogP contribution < -0.4 is 9.47 Å². The van der Waals surface area contributed by atoms with Crippen LogP contribution >= 0.6 is 0 Å². The lowest BCUT2D eigenvalue weighted by Crippen LogP contribution is -2.11. The molecular weight excluding hydrogens is 228 g/mol. The largest absolute Gasteiger partial charge is 0.479 e. The number of rotatable bonds is 4. The van der Waals surface area contributed by atoms with E-state index >= 15 is 0 Å². The van der Waals surface area contributed by atoms with Crippen molar-refractivity contribution in [2.45, 2.75) is 12.7 Å². The molecule has 6 nitrogen and oxygen atoms in total. The van der Waals surface area contributed by atoms with E-state index in [0.29, 0.717) is 12.4 Å². The lowest BCUT2D eigenvalue weighted by Gasteiger charge is -2.11. The summed E-state index contributed by atoms with van der Waals surface area (Å²) < 4.78 is 15.4. The minimum atomic E-state index is -1.62. The van der Waals surface area contributed by atoms with Gasteiger partial charge in [-0.05, 0) is 0 Å². The van der Waals surface area contributed by atoms with Gasteiger partial charge >= 0.3 is 5.97 Å². The van der Waals surface area contributed by atoms with Crippen LogP contribution in [-0.2, 0) is 16.1 Å². The Labute approximate surface area is 97.3 Å². The van der Waals surface area contributed by atoms with Crippen LogP contribution in [0.3, 0.4) is 0 Å². The number of fused-ring (bicyclic) bond motifs is 1. The van der Waals surface area contributed by atoms with Crippen molar-refractivity contribution in [3.63, 3.8) is 0 Å². The molecule has 0 aliphatic carbocycles. The number of aliphatic hydroxyl groups excluding tert-OH is 1. The molecule has 1 atom stereocenters. The number of carbonyl (C=O) groups is 1. The van der Waals surface area contributed by atoms with Crippen molar-refractivity contribution in [3.8, 4) is 11.5 Å². The third kappa shape index (κ3) is 2.04. The van der Waals surface area contributed by atoms with Crippen LogP contribution in [-0.4, -0.2) is 30.1 Å². The highest BCUT2D eigenvalue weighted by molar-refractivity contribution is 5.76. The van der Waals surface area contributed by atoms with Crippen LogP contribution in [0, 0.1) is 0 Å². The first kappa shape index (κ1) is 11.7. The van der Waals surface area contributed by atoms with Gasteiger partial charge in [0.05, 0.1) is 6.61 Å². The standard InChI is InChI=1S/C11H12O6/c1-15-4-6-2-3-7(8(12)11(13)14)10-9(6)16-5-17-10/h2-3,8,12H,4-5H2,1H3,(H,13,14). The summed E-state index contributed by atoms with van der Waals surface area (Å²) in [5.74, 6) is -0.624. The summed E-state index contributed by atoms with van der Waals surface area (Å²) in [7, 11) is 1.54. The average molecular weight is 240 g/mol. The van der Waals surface area contributed by atoms with Crippen molar-refractivity contribution in [1.29, 1.82) is 0 Å². The van der Waals surface area contributed by atoms with Gasteiger partial charge < -0.3 is 24.4 Å². The monoisotopic (exact) mass is 240 g/mol. The molecular formula is C11H12O6. The van der Waals surface area contributed by atoms with Gasteiger partial charge in [-0.15, -0.1) is 0 Å². The molecule has 0 spiro atoms. The fourth-order valence-corrected chi connectivity index (χ4v) is 1.69. The molecule has 0 fully saturated rings. The Balaban J connectivity index is 2.44. The number of carboxylic acid groups (broad SMARTS) is 1. The summed E-state index contributed by atoms with van der Waals surface area (Å²) in [6, 6.07) is 3.15. The van der Waals surface area contributed by atoms with Crippen LogP contribution in [0.2, 0.25) is 0 Å². The van der Waals surface area contributed by atoms with E-state index in [1.54, 1.807) is 13.2 Å². The van der Waals surface area contributed by atoms with Crippen molar-refractivity contribution in [2.75, 3.05) is 13.9 Å². The van der Waals surface area contributed by atoms with Crippen LogP contribution in [0.25, 0.3) is 0 Å². The Hall–Kier alpha value is -1.79. The second-order valence-electron chi connectivity index (χ2n) is 3.55. The molecule has 0 saturated heterocycles. The van der Waals surface area contributed by atoms with E-state index in [9.17, 15) is 9.90 Å². The van der Waals surface area contributed by atoms with Crippen LogP contribution in [0.15, 0.2) is 12.1 Å². The van der Waals surface area contributed by atoms with Crippen molar-refractivity contribution in [1.82, 2.24) is 0 Å². The predicted octanol–water partition coefficient (Wildman–Crippen LogP) is 0.680. The Morgan fingerprint density at radius 2 is 2.18 bits per heavy atom. The summed E-state index contributed by atoms with van der Waals surface area (Å²) in [5.41, 5.74) is 0.936. The van der Waals surface area contributed by atoms with Crippen molar-refractivity contribution < 1.29 is 29.2 Å². The van der Waals surface area contributed by atoms with Gasteiger partial charge in [-0.2, -0.15) is 0 Å². The number of aliphatic hydroxyl groups is 1. The van der Waals surface area contributed by atoms with E-state index in [-0.39, 0.29) is 18.1 Å². The third-order valence-electron chi connectivity index (χ3n) is 2.46. The zero-order valence-electron chi connectivity index (χ0n) is 9.17. The van der Waals surface area contributed by atoms with Gasteiger partial charge in [0.1, 0.15) is 0 Å². The van der Waals surface area contributed by atoms with E-state index in [4.69, 9.17) is 19.3 Å². The summed E-state index contributed by atoms with van der Waals surface area (Å²) in [5, 5.41) is 18.3. The van der Waals surface area contributed by atoms with Crippen molar-refractivity contribution in [2.24, 2.45) is 0 Å². The maximum atomic E-state index is 10.7. The van der Waals surface area contributed by atoms with Gasteiger partial charge in [0.25, 0.3) is 0 Å². The zero-order chi connectivity index (χ0) is 12.4. The van der Waals surface area contributed by atoms with Gasteiger partial charge in [0, 0.05) is 18.2 Å².